The second kappa shape index (κ2) is 8.23. The summed E-state index contributed by atoms with van der Waals surface area (Å²) >= 11 is 0. The van der Waals surface area contributed by atoms with Crippen LogP contribution in [-0.2, 0) is 6.54 Å². The van der Waals surface area contributed by atoms with Gasteiger partial charge in [0.25, 0.3) is 0 Å². The Labute approximate surface area is 175 Å². The van der Waals surface area contributed by atoms with Gasteiger partial charge in [-0.3, -0.25) is 0 Å². The molecule has 0 aromatic carbocycles. The molecule has 0 saturated heterocycles. The van der Waals surface area contributed by atoms with Crippen LogP contribution >= 0.6 is 0 Å². The highest BCUT2D eigenvalue weighted by molar-refractivity contribution is 5.29. The van der Waals surface area contributed by atoms with E-state index in [1.54, 1.807) is 5.57 Å². The molecule has 2 unspecified atom stereocenters. The van der Waals surface area contributed by atoms with E-state index >= 15 is 0 Å². The number of imidazole rings is 1. The van der Waals surface area contributed by atoms with Crippen molar-refractivity contribution in [3.8, 4) is 0 Å². The van der Waals surface area contributed by atoms with Crippen molar-refractivity contribution in [1.29, 1.82) is 0 Å². The molecule has 1 heterocycles. The molecule has 1 aromatic heterocycles. The molecule has 6 atom stereocenters. The number of hydrogen-bond donors (Lipinski definition) is 2. The minimum atomic E-state index is -0.611. The van der Waals surface area contributed by atoms with Crippen molar-refractivity contribution in [2.75, 3.05) is 0 Å². The number of allylic oxidation sites excluding steroid dienone is 3. The quantitative estimate of drug-likeness (QED) is 0.728. The molecule has 4 nitrogen and oxygen atoms in total. The summed E-state index contributed by atoms with van der Waals surface area (Å²) in [5.41, 5.74) is 3.66. The number of hydrogen-bond acceptors (Lipinski definition) is 3. The van der Waals surface area contributed by atoms with Crippen LogP contribution < -0.4 is 0 Å². The number of aromatic nitrogens is 2. The number of nitrogens with zero attached hydrogens (tertiary/aromatic N) is 2. The van der Waals surface area contributed by atoms with Crippen molar-refractivity contribution in [3.05, 3.63) is 54.2 Å². The first-order valence-corrected chi connectivity index (χ1v) is 11.3. The van der Waals surface area contributed by atoms with Crippen LogP contribution in [0.4, 0.5) is 0 Å². The van der Waals surface area contributed by atoms with Gasteiger partial charge in [0.1, 0.15) is 0 Å². The molecule has 4 rings (SSSR count). The molecule has 0 aliphatic heterocycles. The maximum atomic E-state index is 10.1. The van der Waals surface area contributed by atoms with Crippen LogP contribution in [-0.4, -0.2) is 32.0 Å². The van der Waals surface area contributed by atoms with Gasteiger partial charge in [0.2, 0.25) is 0 Å². The normalized spacial score (nSPS) is 39.1. The molecule has 2 N–H and O–H groups in total. The Morgan fingerprint density at radius 1 is 1.28 bits per heavy atom. The van der Waals surface area contributed by atoms with Crippen molar-refractivity contribution in [1.82, 2.24) is 9.55 Å². The van der Waals surface area contributed by atoms with Crippen LogP contribution in [0.15, 0.2) is 54.2 Å². The summed E-state index contributed by atoms with van der Waals surface area (Å²) in [5.74, 6) is 2.05. The fraction of sp³-hybridized carbons (Fsp3) is 0.640. The molecule has 0 bridgehead atoms. The predicted octanol–water partition coefficient (Wildman–Crippen LogP) is 4.66. The predicted molar refractivity (Wildman–Crippen MR) is 116 cm³/mol. The third-order valence-corrected chi connectivity index (χ3v) is 8.08. The lowest BCUT2D eigenvalue weighted by Gasteiger charge is -2.44. The topological polar surface area (TPSA) is 58.3 Å². The molecule has 0 spiro atoms. The fourth-order valence-corrected chi connectivity index (χ4v) is 6.49. The molecule has 29 heavy (non-hydrogen) atoms. The van der Waals surface area contributed by atoms with E-state index < -0.39 is 12.2 Å². The first-order chi connectivity index (χ1) is 13.9. The van der Waals surface area contributed by atoms with E-state index in [-0.39, 0.29) is 0 Å². The molecule has 1 aromatic rings. The maximum Gasteiger partial charge on any atom is 0.0945 e. The monoisotopic (exact) mass is 396 g/mol. The first kappa shape index (κ1) is 20.6. The molecular formula is C25H36N2O2. The zero-order chi connectivity index (χ0) is 20.6. The maximum absolute atomic E-state index is 10.1. The number of rotatable bonds is 4. The van der Waals surface area contributed by atoms with Crippen molar-refractivity contribution >= 4 is 0 Å². The number of fused-ring (bicyclic) bond motifs is 1. The van der Waals surface area contributed by atoms with E-state index in [1.165, 1.54) is 32.1 Å². The minimum absolute atomic E-state index is 0.377. The Balaban J connectivity index is 1.49. The highest BCUT2D eigenvalue weighted by Crippen LogP contribution is 2.59. The average molecular weight is 397 g/mol. The summed E-state index contributed by atoms with van der Waals surface area (Å²) in [4.78, 5) is 4.20. The lowest BCUT2D eigenvalue weighted by molar-refractivity contribution is 0.0908. The second-order valence-electron chi connectivity index (χ2n) is 9.91. The highest BCUT2D eigenvalue weighted by Gasteiger charge is 2.50. The van der Waals surface area contributed by atoms with Crippen LogP contribution in [0.3, 0.4) is 0 Å². The largest absolute Gasteiger partial charge is 0.388 e. The average Bonchev–Trinajstić information content (AvgIpc) is 3.31. The van der Waals surface area contributed by atoms with E-state index in [9.17, 15) is 10.2 Å². The molecular weight excluding hydrogens is 360 g/mol. The lowest BCUT2D eigenvalue weighted by Crippen LogP contribution is -2.36. The first-order valence-electron chi connectivity index (χ1n) is 11.3. The molecule has 158 valence electrons. The molecule has 3 aliphatic rings. The van der Waals surface area contributed by atoms with Gasteiger partial charge >= 0.3 is 0 Å². The van der Waals surface area contributed by atoms with Gasteiger partial charge in [0.15, 0.2) is 0 Å². The van der Waals surface area contributed by atoms with E-state index in [2.05, 4.69) is 48.3 Å². The highest BCUT2D eigenvalue weighted by atomic mass is 16.3. The third kappa shape index (κ3) is 4.02. The lowest BCUT2D eigenvalue weighted by atomic mass is 9.61. The Morgan fingerprint density at radius 3 is 2.72 bits per heavy atom. The minimum Gasteiger partial charge on any atom is -0.388 e. The van der Waals surface area contributed by atoms with Crippen molar-refractivity contribution in [3.63, 3.8) is 0 Å². The summed E-state index contributed by atoms with van der Waals surface area (Å²) in [7, 11) is 0. The third-order valence-electron chi connectivity index (χ3n) is 8.08. The van der Waals surface area contributed by atoms with Gasteiger partial charge in [-0.1, -0.05) is 43.7 Å². The van der Waals surface area contributed by atoms with Crippen LogP contribution in [0.5, 0.6) is 0 Å². The summed E-state index contributed by atoms with van der Waals surface area (Å²) in [5, 5.41) is 20.2. The summed E-state index contributed by atoms with van der Waals surface area (Å²) in [6, 6.07) is 0. The smallest absolute Gasteiger partial charge is 0.0945 e. The van der Waals surface area contributed by atoms with Crippen molar-refractivity contribution in [2.45, 2.75) is 77.5 Å². The van der Waals surface area contributed by atoms with Gasteiger partial charge in [-0.25, -0.2) is 4.98 Å². The number of aliphatic hydroxyl groups is 2. The summed E-state index contributed by atoms with van der Waals surface area (Å²) in [6.07, 6.45) is 16.7. The Bertz CT molecular complexity index is 778. The molecule has 0 radical (unpaired) electrons. The standard InChI is InChI=1S/C25H36N2O2/c1-17(15-27-12-11-26-16-27)21-8-9-22-20(5-4-10-25(21,22)3)7-6-19-13-23(28)18(2)24(29)14-19/h6-7,11-12,16-17,21-24,28-29H,2,4-5,8-10,13-15H2,1,3H3/b19-6?,20-7+/t17-,21?,22?,23-,24+,25+/m0/s1. The van der Waals surface area contributed by atoms with Crippen LogP contribution in [0.1, 0.15) is 58.8 Å². The van der Waals surface area contributed by atoms with E-state index in [0.717, 1.165) is 18.0 Å². The zero-order valence-electron chi connectivity index (χ0n) is 17.9. The molecule has 3 saturated carbocycles. The number of aliphatic hydroxyl groups excluding tert-OH is 2. The van der Waals surface area contributed by atoms with Crippen LogP contribution in [0.25, 0.3) is 0 Å². The van der Waals surface area contributed by atoms with E-state index in [1.807, 2.05) is 12.5 Å². The zero-order valence-corrected chi connectivity index (χ0v) is 17.9. The van der Waals surface area contributed by atoms with Gasteiger partial charge in [0, 0.05) is 18.9 Å². The molecule has 0 amide bonds. The summed E-state index contributed by atoms with van der Waals surface area (Å²) < 4.78 is 2.22. The van der Waals surface area contributed by atoms with Gasteiger partial charge in [0.05, 0.1) is 18.5 Å². The summed E-state index contributed by atoms with van der Waals surface area (Å²) in [6.45, 7) is 9.81. The van der Waals surface area contributed by atoms with Gasteiger partial charge in [-0.05, 0) is 73.7 Å². The SMILES string of the molecule is C=C1[C@H](O)CC(=C/C=C2\CCC[C@@]3(C)C2CCC3[C@@H](C)Cn2ccnc2)C[C@@H]1O. The van der Waals surface area contributed by atoms with Gasteiger partial charge in [-0.15, -0.1) is 0 Å². The van der Waals surface area contributed by atoms with Gasteiger partial charge < -0.3 is 14.8 Å². The Morgan fingerprint density at radius 2 is 2.03 bits per heavy atom. The van der Waals surface area contributed by atoms with E-state index in [0.29, 0.717) is 35.7 Å². The van der Waals surface area contributed by atoms with Crippen LogP contribution in [0, 0.1) is 23.2 Å². The van der Waals surface area contributed by atoms with Crippen molar-refractivity contribution < 1.29 is 10.2 Å². The van der Waals surface area contributed by atoms with Gasteiger partial charge in [-0.2, -0.15) is 0 Å². The van der Waals surface area contributed by atoms with Crippen LogP contribution in [0.2, 0.25) is 0 Å². The Kier molecular flexibility index (Phi) is 5.85. The van der Waals surface area contributed by atoms with Crippen molar-refractivity contribution in [2.24, 2.45) is 23.2 Å². The second-order valence-corrected chi connectivity index (χ2v) is 9.91. The van der Waals surface area contributed by atoms with E-state index in [4.69, 9.17) is 0 Å². The molecule has 3 fully saturated rings. The molecule has 4 heteroatoms. The Hall–Kier alpha value is -1.65. The fourth-order valence-electron chi connectivity index (χ4n) is 6.49. The molecule has 3 aliphatic carbocycles.